The molecule has 1 saturated heterocycles. The molecule has 1 fully saturated rings. The van der Waals surface area contributed by atoms with Crippen LogP contribution >= 0.6 is 0 Å². The molecular formula is C14H22N2O. The van der Waals surface area contributed by atoms with E-state index in [1.807, 2.05) is 18.2 Å². The molecule has 0 aliphatic carbocycles. The van der Waals surface area contributed by atoms with Gasteiger partial charge in [0.05, 0.1) is 0 Å². The van der Waals surface area contributed by atoms with Crippen LogP contribution in [0.2, 0.25) is 0 Å². The molecule has 0 saturated carbocycles. The van der Waals surface area contributed by atoms with E-state index >= 15 is 0 Å². The maximum atomic E-state index is 9.77. The monoisotopic (exact) mass is 234 g/mol. The third kappa shape index (κ3) is 3.45. The SMILES string of the molecule is CCN(Cc1ccccc1O)CC1CCCN1. The van der Waals surface area contributed by atoms with Crippen molar-refractivity contribution in [2.75, 3.05) is 19.6 Å². The van der Waals surface area contributed by atoms with Gasteiger partial charge >= 0.3 is 0 Å². The largest absolute Gasteiger partial charge is 0.508 e. The molecule has 2 N–H and O–H groups in total. The average Bonchev–Trinajstić information content (AvgIpc) is 2.84. The molecule has 1 unspecified atom stereocenters. The van der Waals surface area contributed by atoms with E-state index in [4.69, 9.17) is 0 Å². The summed E-state index contributed by atoms with van der Waals surface area (Å²) in [5.41, 5.74) is 1.02. The van der Waals surface area contributed by atoms with Gasteiger partial charge in [0.15, 0.2) is 0 Å². The molecule has 1 aliphatic rings. The molecule has 94 valence electrons. The van der Waals surface area contributed by atoms with Gasteiger partial charge in [-0.3, -0.25) is 4.90 Å². The van der Waals surface area contributed by atoms with Crippen molar-refractivity contribution < 1.29 is 5.11 Å². The Bertz CT molecular complexity index is 348. The molecule has 0 radical (unpaired) electrons. The molecule has 1 aromatic carbocycles. The summed E-state index contributed by atoms with van der Waals surface area (Å²) in [6.45, 7) is 6.26. The number of nitrogens with one attached hydrogen (secondary N) is 1. The first-order valence-corrected chi connectivity index (χ1v) is 6.52. The van der Waals surface area contributed by atoms with E-state index in [-0.39, 0.29) is 0 Å². The zero-order chi connectivity index (χ0) is 12.1. The second-order valence-corrected chi connectivity index (χ2v) is 4.75. The zero-order valence-corrected chi connectivity index (χ0v) is 10.5. The number of phenolic OH excluding ortho intramolecular Hbond substituents is 1. The lowest BCUT2D eigenvalue weighted by atomic mass is 10.1. The van der Waals surface area contributed by atoms with Crippen LogP contribution < -0.4 is 5.32 Å². The third-order valence-electron chi connectivity index (χ3n) is 3.47. The second-order valence-electron chi connectivity index (χ2n) is 4.75. The first kappa shape index (κ1) is 12.4. The van der Waals surface area contributed by atoms with Crippen molar-refractivity contribution in [3.8, 4) is 5.75 Å². The van der Waals surface area contributed by atoms with Crippen LogP contribution in [0.5, 0.6) is 5.75 Å². The highest BCUT2D eigenvalue weighted by Crippen LogP contribution is 2.18. The van der Waals surface area contributed by atoms with Crippen molar-refractivity contribution in [2.24, 2.45) is 0 Å². The van der Waals surface area contributed by atoms with E-state index < -0.39 is 0 Å². The molecule has 0 spiro atoms. The fraction of sp³-hybridized carbons (Fsp3) is 0.571. The summed E-state index contributed by atoms with van der Waals surface area (Å²) in [4.78, 5) is 2.39. The first-order chi connectivity index (χ1) is 8.29. The van der Waals surface area contributed by atoms with Crippen molar-refractivity contribution in [2.45, 2.75) is 32.4 Å². The highest BCUT2D eigenvalue weighted by atomic mass is 16.3. The maximum absolute atomic E-state index is 9.77. The van der Waals surface area contributed by atoms with Gasteiger partial charge < -0.3 is 10.4 Å². The lowest BCUT2D eigenvalue weighted by Gasteiger charge is -2.24. The lowest BCUT2D eigenvalue weighted by molar-refractivity contribution is 0.250. The number of phenols is 1. The van der Waals surface area contributed by atoms with E-state index in [9.17, 15) is 5.11 Å². The van der Waals surface area contributed by atoms with E-state index in [0.717, 1.165) is 31.7 Å². The van der Waals surface area contributed by atoms with Gasteiger partial charge in [-0.25, -0.2) is 0 Å². The normalized spacial score (nSPS) is 20.0. The van der Waals surface area contributed by atoms with Gasteiger partial charge in [0.2, 0.25) is 0 Å². The molecule has 3 heteroatoms. The standard InChI is InChI=1S/C14H22N2O/c1-2-16(11-13-7-5-9-15-13)10-12-6-3-4-8-14(12)17/h3-4,6,8,13,15,17H,2,5,7,9-11H2,1H3. The van der Waals surface area contributed by atoms with Crippen molar-refractivity contribution in [1.29, 1.82) is 0 Å². The van der Waals surface area contributed by atoms with Crippen LogP contribution in [0.3, 0.4) is 0 Å². The summed E-state index contributed by atoms with van der Waals surface area (Å²) in [5, 5.41) is 13.3. The zero-order valence-electron chi connectivity index (χ0n) is 10.5. The summed E-state index contributed by atoms with van der Waals surface area (Å²) in [5.74, 6) is 0.408. The van der Waals surface area contributed by atoms with Crippen LogP contribution in [-0.4, -0.2) is 35.7 Å². The summed E-state index contributed by atoms with van der Waals surface area (Å²) in [6.07, 6.45) is 2.57. The van der Waals surface area contributed by atoms with Crippen molar-refractivity contribution in [1.82, 2.24) is 10.2 Å². The Morgan fingerprint density at radius 2 is 2.24 bits per heavy atom. The van der Waals surface area contributed by atoms with E-state index in [2.05, 4.69) is 17.1 Å². The van der Waals surface area contributed by atoms with Crippen LogP contribution in [0.1, 0.15) is 25.3 Å². The molecule has 1 heterocycles. The number of hydrogen-bond acceptors (Lipinski definition) is 3. The molecule has 2 rings (SSSR count). The molecule has 17 heavy (non-hydrogen) atoms. The molecule has 0 amide bonds. The first-order valence-electron chi connectivity index (χ1n) is 6.52. The number of para-hydroxylation sites is 1. The van der Waals surface area contributed by atoms with Crippen LogP contribution in [-0.2, 0) is 6.54 Å². The van der Waals surface area contributed by atoms with E-state index in [0.29, 0.717) is 11.8 Å². The highest BCUT2D eigenvalue weighted by molar-refractivity contribution is 5.31. The Morgan fingerprint density at radius 1 is 1.41 bits per heavy atom. The number of aromatic hydroxyl groups is 1. The summed E-state index contributed by atoms with van der Waals surface area (Å²) in [6, 6.07) is 8.24. The van der Waals surface area contributed by atoms with Crippen molar-refractivity contribution >= 4 is 0 Å². The lowest BCUT2D eigenvalue weighted by Crippen LogP contribution is -2.37. The summed E-state index contributed by atoms with van der Waals surface area (Å²) >= 11 is 0. The number of nitrogens with zero attached hydrogens (tertiary/aromatic N) is 1. The van der Waals surface area contributed by atoms with Gasteiger partial charge in [-0.2, -0.15) is 0 Å². The van der Waals surface area contributed by atoms with Gasteiger partial charge in [-0.05, 0) is 32.0 Å². The topological polar surface area (TPSA) is 35.5 Å². The fourth-order valence-corrected chi connectivity index (χ4v) is 2.42. The van der Waals surface area contributed by atoms with E-state index in [1.165, 1.54) is 12.8 Å². The van der Waals surface area contributed by atoms with Crippen LogP contribution in [0.25, 0.3) is 0 Å². The minimum absolute atomic E-state index is 0.408. The third-order valence-corrected chi connectivity index (χ3v) is 3.47. The predicted molar refractivity (Wildman–Crippen MR) is 70.1 cm³/mol. The molecule has 3 nitrogen and oxygen atoms in total. The van der Waals surface area contributed by atoms with Crippen LogP contribution in [0, 0.1) is 0 Å². The predicted octanol–water partition coefficient (Wildman–Crippen LogP) is 1.97. The van der Waals surface area contributed by atoms with Gasteiger partial charge in [0.25, 0.3) is 0 Å². The smallest absolute Gasteiger partial charge is 0.120 e. The minimum atomic E-state index is 0.408. The van der Waals surface area contributed by atoms with Gasteiger partial charge in [-0.15, -0.1) is 0 Å². The molecule has 1 atom stereocenters. The molecule has 1 aliphatic heterocycles. The highest BCUT2D eigenvalue weighted by Gasteiger charge is 2.17. The quantitative estimate of drug-likeness (QED) is 0.817. The summed E-state index contributed by atoms with van der Waals surface area (Å²) in [7, 11) is 0. The number of likely N-dealkylation sites (N-methyl/N-ethyl adjacent to an activating group) is 1. The summed E-state index contributed by atoms with van der Waals surface area (Å²) < 4.78 is 0. The molecule has 1 aromatic rings. The number of hydrogen-bond donors (Lipinski definition) is 2. The molecular weight excluding hydrogens is 212 g/mol. The van der Waals surface area contributed by atoms with E-state index in [1.54, 1.807) is 6.07 Å². The van der Waals surface area contributed by atoms with Gasteiger partial charge in [0, 0.05) is 24.7 Å². The Labute approximate surface area is 103 Å². The Hall–Kier alpha value is -1.06. The Balaban J connectivity index is 1.92. The van der Waals surface area contributed by atoms with Crippen molar-refractivity contribution in [3.63, 3.8) is 0 Å². The fourth-order valence-electron chi connectivity index (χ4n) is 2.42. The Kier molecular flexibility index (Phi) is 4.40. The second kappa shape index (κ2) is 6.03. The van der Waals surface area contributed by atoms with Crippen LogP contribution in [0.4, 0.5) is 0 Å². The minimum Gasteiger partial charge on any atom is -0.508 e. The number of rotatable bonds is 5. The van der Waals surface area contributed by atoms with Crippen LogP contribution in [0.15, 0.2) is 24.3 Å². The molecule has 0 aromatic heterocycles. The maximum Gasteiger partial charge on any atom is 0.120 e. The molecule has 0 bridgehead atoms. The van der Waals surface area contributed by atoms with Gasteiger partial charge in [-0.1, -0.05) is 25.1 Å². The van der Waals surface area contributed by atoms with Gasteiger partial charge in [0.1, 0.15) is 5.75 Å². The Morgan fingerprint density at radius 3 is 2.88 bits per heavy atom. The number of benzene rings is 1. The average molecular weight is 234 g/mol. The van der Waals surface area contributed by atoms with Crippen molar-refractivity contribution in [3.05, 3.63) is 29.8 Å².